The second-order valence-electron chi connectivity index (χ2n) is 6.70. The molecule has 0 aromatic heterocycles. The van der Waals surface area contributed by atoms with Crippen LogP contribution in [-0.2, 0) is 11.3 Å². The number of unbranched alkanes of at least 4 members (excludes halogenated alkanes) is 7. The Morgan fingerprint density at radius 2 is 1.44 bits per heavy atom. The molecule has 0 bridgehead atoms. The van der Waals surface area contributed by atoms with Crippen LogP contribution in [0.5, 0.6) is 0 Å². The first-order chi connectivity index (χ1) is 12.0. The average Bonchev–Trinajstić information content (AvgIpc) is 2.56. The van der Waals surface area contributed by atoms with E-state index in [1.54, 1.807) is 19.2 Å². The van der Waals surface area contributed by atoms with Gasteiger partial charge < -0.3 is 4.84 Å². The third kappa shape index (κ3) is 8.97. The van der Waals surface area contributed by atoms with Gasteiger partial charge in [-0.05, 0) is 37.5 Å². The van der Waals surface area contributed by atoms with Crippen molar-refractivity contribution in [3.63, 3.8) is 0 Å². The predicted octanol–water partition coefficient (Wildman–Crippen LogP) is 7.58. The zero-order valence-electron chi connectivity index (χ0n) is 15.8. The number of benzene rings is 1. The standard InChI is InChI=1S/C20H32Cl3NO/c1-4-5-6-7-8-9-10-11-12-24(25-3)16(2)13-18-19(22)14-17(21)15-20(18)23/h14-16H,4-13H2,1-3H3. The largest absolute Gasteiger partial charge is 0.302 e. The van der Waals surface area contributed by atoms with Crippen LogP contribution >= 0.6 is 34.8 Å². The van der Waals surface area contributed by atoms with Crippen LogP contribution in [-0.4, -0.2) is 24.8 Å². The molecule has 0 N–H and O–H groups in total. The van der Waals surface area contributed by atoms with E-state index in [2.05, 4.69) is 13.8 Å². The van der Waals surface area contributed by atoms with E-state index >= 15 is 0 Å². The van der Waals surface area contributed by atoms with Crippen LogP contribution in [0.2, 0.25) is 15.1 Å². The van der Waals surface area contributed by atoms with Crippen molar-refractivity contribution in [2.24, 2.45) is 0 Å². The summed E-state index contributed by atoms with van der Waals surface area (Å²) < 4.78 is 0. The molecule has 1 aromatic carbocycles. The topological polar surface area (TPSA) is 12.5 Å². The normalized spacial score (nSPS) is 12.8. The first-order valence-electron chi connectivity index (χ1n) is 9.43. The highest BCUT2D eigenvalue weighted by Crippen LogP contribution is 2.30. The van der Waals surface area contributed by atoms with Gasteiger partial charge in [0, 0.05) is 27.7 Å². The third-order valence-electron chi connectivity index (χ3n) is 4.56. The van der Waals surface area contributed by atoms with Crippen molar-refractivity contribution in [1.29, 1.82) is 0 Å². The minimum Gasteiger partial charge on any atom is -0.302 e. The molecule has 5 heteroatoms. The van der Waals surface area contributed by atoms with Crippen LogP contribution in [0.4, 0.5) is 0 Å². The number of hydrogen-bond acceptors (Lipinski definition) is 2. The molecular weight excluding hydrogens is 377 g/mol. The molecule has 1 aromatic rings. The van der Waals surface area contributed by atoms with E-state index in [1.807, 2.05) is 5.06 Å². The molecule has 2 nitrogen and oxygen atoms in total. The molecule has 0 aliphatic rings. The van der Waals surface area contributed by atoms with E-state index in [0.29, 0.717) is 15.1 Å². The highest BCUT2D eigenvalue weighted by molar-refractivity contribution is 6.39. The zero-order valence-corrected chi connectivity index (χ0v) is 18.1. The Balaban J connectivity index is 2.36. The fourth-order valence-electron chi connectivity index (χ4n) is 3.06. The molecule has 0 aliphatic heterocycles. The van der Waals surface area contributed by atoms with Crippen LogP contribution in [0, 0.1) is 0 Å². The summed E-state index contributed by atoms with van der Waals surface area (Å²) in [5, 5.41) is 3.83. The second kappa shape index (κ2) is 13.2. The molecule has 0 radical (unpaired) electrons. The highest BCUT2D eigenvalue weighted by atomic mass is 35.5. The lowest BCUT2D eigenvalue weighted by molar-refractivity contribution is -0.157. The molecule has 25 heavy (non-hydrogen) atoms. The quantitative estimate of drug-likeness (QED) is 0.246. The maximum Gasteiger partial charge on any atom is 0.0575 e. The molecule has 0 heterocycles. The minimum absolute atomic E-state index is 0.200. The summed E-state index contributed by atoms with van der Waals surface area (Å²) in [5.41, 5.74) is 0.929. The summed E-state index contributed by atoms with van der Waals surface area (Å²) >= 11 is 18.6. The number of rotatable bonds is 13. The number of hydrogen-bond donors (Lipinski definition) is 0. The summed E-state index contributed by atoms with van der Waals surface area (Å²) in [6.45, 7) is 5.32. The van der Waals surface area contributed by atoms with Gasteiger partial charge in [0.1, 0.15) is 0 Å². The lowest BCUT2D eigenvalue weighted by Crippen LogP contribution is -2.34. The van der Waals surface area contributed by atoms with Crippen molar-refractivity contribution in [2.75, 3.05) is 13.7 Å². The van der Waals surface area contributed by atoms with E-state index in [1.165, 1.54) is 44.9 Å². The minimum atomic E-state index is 0.200. The Bertz CT molecular complexity index is 473. The van der Waals surface area contributed by atoms with Crippen LogP contribution in [0.3, 0.4) is 0 Å². The van der Waals surface area contributed by atoms with E-state index < -0.39 is 0 Å². The molecule has 0 spiro atoms. The average molecular weight is 409 g/mol. The maximum absolute atomic E-state index is 6.30. The predicted molar refractivity (Wildman–Crippen MR) is 111 cm³/mol. The second-order valence-corrected chi connectivity index (χ2v) is 7.95. The van der Waals surface area contributed by atoms with E-state index in [9.17, 15) is 0 Å². The van der Waals surface area contributed by atoms with Gasteiger partial charge in [-0.25, -0.2) is 0 Å². The summed E-state index contributed by atoms with van der Waals surface area (Å²) in [7, 11) is 1.73. The Kier molecular flexibility index (Phi) is 12.2. The highest BCUT2D eigenvalue weighted by Gasteiger charge is 2.17. The number of nitrogens with zero attached hydrogens (tertiary/aromatic N) is 1. The Morgan fingerprint density at radius 1 is 0.920 bits per heavy atom. The fraction of sp³-hybridized carbons (Fsp3) is 0.700. The van der Waals surface area contributed by atoms with Crippen molar-refractivity contribution in [1.82, 2.24) is 5.06 Å². The molecule has 1 rings (SSSR count). The van der Waals surface area contributed by atoms with Crippen LogP contribution in [0.25, 0.3) is 0 Å². The number of hydroxylamine groups is 2. The van der Waals surface area contributed by atoms with Crippen LogP contribution < -0.4 is 0 Å². The van der Waals surface area contributed by atoms with Gasteiger partial charge in [-0.2, -0.15) is 5.06 Å². The van der Waals surface area contributed by atoms with Crippen LogP contribution in [0.1, 0.15) is 70.8 Å². The zero-order chi connectivity index (χ0) is 18.7. The van der Waals surface area contributed by atoms with Gasteiger partial charge in [0.2, 0.25) is 0 Å². The first kappa shape index (κ1) is 23.0. The SMILES string of the molecule is CCCCCCCCCCN(OC)C(C)Cc1c(Cl)cc(Cl)cc1Cl. The Morgan fingerprint density at radius 3 is 1.96 bits per heavy atom. The molecular formula is C20H32Cl3NO. The van der Waals surface area contributed by atoms with Gasteiger partial charge in [0.05, 0.1) is 7.11 Å². The Hall–Kier alpha value is 0.01000. The molecule has 1 unspecified atom stereocenters. The molecule has 0 aliphatic carbocycles. The van der Waals surface area contributed by atoms with Crippen molar-refractivity contribution in [3.05, 3.63) is 32.8 Å². The van der Waals surface area contributed by atoms with E-state index in [-0.39, 0.29) is 6.04 Å². The lowest BCUT2D eigenvalue weighted by Gasteiger charge is -2.27. The van der Waals surface area contributed by atoms with Crippen molar-refractivity contribution >= 4 is 34.8 Å². The lowest BCUT2D eigenvalue weighted by atomic mass is 10.1. The van der Waals surface area contributed by atoms with Gasteiger partial charge >= 0.3 is 0 Å². The molecule has 0 fully saturated rings. The van der Waals surface area contributed by atoms with Crippen molar-refractivity contribution < 1.29 is 4.84 Å². The van der Waals surface area contributed by atoms with Gasteiger partial charge in [-0.15, -0.1) is 0 Å². The summed E-state index contributed by atoms with van der Waals surface area (Å²) in [4.78, 5) is 5.57. The van der Waals surface area contributed by atoms with Gasteiger partial charge in [0.15, 0.2) is 0 Å². The molecule has 0 saturated carbocycles. The molecule has 1 atom stereocenters. The summed E-state index contributed by atoms with van der Waals surface area (Å²) in [6, 6.07) is 3.69. The summed E-state index contributed by atoms with van der Waals surface area (Å²) in [5.74, 6) is 0. The Labute approximate surface area is 168 Å². The van der Waals surface area contributed by atoms with Crippen molar-refractivity contribution in [2.45, 2.75) is 77.7 Å². The van der Waals surface area contributed by atoms with Crippen LogP contribution in [0.15, 0.2) is 12.1 Å². The smallest absolute Gasteiger partial charge is 0.0575 e. The number of halogens is 3. The summed E-state index contributed by atoms with van der Waals surface area (Å²) in [6.07, 6.45) is 11.2. The maximum atomic E-state index is 6.30. The first-order valence-corrected chi connectivity index (χ1v) is 10.6. The van der Waals surface area contributed by atoms with E-state index in [0.717, 1.165) is 24.9 Å². The van der Waals surface area contributed by atoms with Gasteiger partial charge in [-0.3, -0.25) is 0 Å². The fourth-order valence-corrected chi connectivity index (χ4v) is 4.03. The van der Waals surface area contributed by atoms with E-state index in [4.69, 9.17) is 39.6 Å². The molecule has 144 valence electrons. The third-order valence-corrected chi connectivity index (χ3v) is 5.46. The molecule has 0 amide bonds. The van der Waals surface area contributed by atoms with Crippen molar-refractivity contribution in [3.8, 4) is 0 Å². The van der Waals surface area contributed by atoms with Gasteiger partial charge in [-0.1, -0.05) is 86.7 Å². The molecule has 0 saturated heterocycles. The van der Waals surface area contributed by atoms with Gasteiger partial charge in [0.25, 0.3) is 0 Å². The monoisotopic (exact) mass is 407 g/mol.